The molecule has 0 aliphatic carbocycles. The molecule has 0 saturated carbocycles. The van der Waals surface area contributed by atoms with Gasteiger partial charge in [0.25, 0.3) is 0 Å². The van der Waals surface area contributed by atoms with E-state index in [9.17, 15) is 9.90 Å². The Balaban J connectivity index is 1.57. The lowest BCUT2D eigenvalue weighted by molar-refractivity contribution is -0.140. The Bertz CT molecular complexity index is 1300. The quantitative estimate of drug-likeness (QED) is 0.444. The van der Waals surface area contributed by atoms with Crippen molar-refractivity contribution in [2.24, 2.45) is 5.16 Å². The number of carbonyl (C=O) groups excluding carboxylic acids is 1. The predicted octanol–water partition coefficient (Wildman–Crippen LogP) is 5.27. The molecular formula is C27H27FN2O5. The van der Waals surface area contributed by atoms with Gasteiger partial charge in [0.1, 0.15) is 29.5 Å². The number of benzene rings is 2. The van der Waals surface area contributed by atoms with E-state index in [0.29, 0.717) is 34.8 Å². The fourth-order valence-electron chi connectivity index (χ4n) is 3.90. The molecule has 0 saturated heterocycles. The summed E-state index contributed by atoms with van der Waals surface area (Å²) < 4.78 is 26.4. The first kappa shape index (κ1) is 24.2. The molecule has 0 atom stereocenters. The van der Waals surface area contributed by atoms with E-state index in [1.165, 1.54) is 0 Å². The lowest BCUT2D eigenvalue weighted by Gasteiger charge is -2.16. The highest BCUT2D eigenvalue weighted by Crippen LogP contribution is 2.32. The van der Waals surface area contributed by atoms with Crippen LogP contribution in [0.2, 0.25) is 0 Å². The highest BCUT2D eigenvalue weighted by Gasteiger charge is 2.20. The number of aromatic hydroxyl groups is 1. The van der Waals surface area contributed by atoms with Gasteiger partial charge in [0, 0.05) is 17.7 Å². The van der Waals surface area contributed by atoms with Gasteiger partial charge in [0.2, 0.25) is 0 Å². The van der Waals surface area contributed by atoms with E-state index in [1.807, 2.05) is 45.0 Å². The first-order valence-corrected chi connectivity index (χ1v) is 11.3. The Morgan fingerprint density at radius 1 is 1.17 bits per heavy atom. The van der Waals surface area contributed by atoms with Crippen molar-refractivity contribution in [3.8, 4) is 28.5 Å². The van der Waals surface area contributed by atoms with E-state index in [2.05, 4.69) is 15.0 Å². The number of rotatable bonds is 8. The fraction of sp³-hybridized carbons (Fsp3) is 0.296. The van der Waals surface area contributed by atoms with Crippen molar-refractivity contribution in [1.82, 2.24) is 4.98 Å². The van der Waals surface area contributed by atoms with E-state index in [1.54, 1.807) is 25.1 Å². The molecule has 8 heteroatoms. The van der Waals surface area contributed by atoms with Gasteiger partial charge >= 0.3 is 5.97 Å². The number of aryl methyl sites for hydroxylation is 1. The number of aromatic nitrogens is 1. The Morgan fingerprint density at radius 3 is 2.69 bits per heavy atom. The Kier molecular flexibility index (Phi) is 7.00. The van der Waals surface area contributed by atoms with Gasteiger partial charge in [-0.15, -0.1) is 0 Å². The molecule has 0 amide bonds. The summed E-state index contributed by atoms with van der Waals surface area (Å²) in [6, 6.07) is 12.3. The first-order chi connectivity index (χ1) is 16.7. The highest BCUT2D eigenvalue weighted by molar-refractivity contribution is 6.02. The minimum atomic E-state index is -0.478. The minimum absolute atomic E-state index is 0.0212. The molecule has 0 bridgehead atoms. The monoisotopic (exact) mass is 478 g/mol. The van der Waals surface area contributed by atoms with Crippen molar-refractivity contribution in [3.63, 3.8) is 0 Å². The second kappa shape index (κ2) is 10.1. The summed E-state index contributed by atoms with van der Waals surface area (Å²) in [5.74, 6) is -0.100. The summed E-state index contributed by atoms with van der Waals surface area (Å²) >= 11 is 0. The van der Waals surface area contributed by atoms with Gasteiger partial charge in [-0.25, -0.2) is 14.2 Å². The second-order valence-corrected chi connectivity index (χ2v) is 8.74. The molecule has 7 nitrogen and oxygen atoms in total. The molecular weight excluding hydrogens is 451 g/mol. The third-order valence-corrected chi connectivity index (χ3v) is 5.61. The number of nitrogens with zero attached hydrogens (tertiary/aromatic N) is 2. The maximum absolute atomic E-state index is 15.1. The molecule has 4 rings (SSSR count). The maximum atomic E-state index is 15.1. The molecule has 0 fully saturated rings. The summed E-state index contributed by atoms with van der Waals surface area (Å²) in [4.78, 5) is 20.4. The molecule has 0 unspecified atom stereocenters. The van der Waals surface area contributed by atoms with E-state index in [0.717, 1.165) is 16.7 Å². The minimum Gasteiger partial charge on any atom is -0.506 e. The normalized spacial score (nSPS) is 13.1. The summed E-state index contributed by atoms with van der Waals surface area (Å²) in [7, 11) is 0. The van der Waals surface area contributed by atoms with Gasteiger partial charge in [0.05, 0.1) is 12.5 Å². The van der Waals surface area contributed by atoms with E-state index < -0.39 is 11.8 Å². The maximum Gasteiger partial charge on any atom is 0.340 e. The number of carbonyl (C=O) groups is 1. The molecule has 35 heavy (non-hydrogen) atoms. The predicted molar refractivity (Wildman–Crippen MR) is 129 cm³/mol. The third kappa shape index (κ3) is 5.59. The first-order valence-electron chi connectivity index (χ1n) is 11.3. The van der Waals surface area contributed by atoms with Crippen molar-refractivity contribution >= 4 is 11.7 Å². The SMILES string of the molecule is Cc1cc(OCC2=NOC(=O)C2)c(F)c(C)c1Cc1ccc(O)c(-c2cccc(OC(C)C)c2)n1. The van der Waals surface area contributed by atoms with Crippen molar-refractivity contribution in [2.75, 3.05) is 6.61 Å². The van der Waals surface area contributed by atoms with Crippen LogP contribution in [-0.2, 0) is 16.1 Å². The molecule has 182 valence electrons. The van der Waals surface area contributed by atoms with Crippen LogP contribution in [0.4, 0.5) is 4.39 Å². The van der Waals surface area contributed by atoms with Crippen LogP contribution in [0, 0.1) is 19.7 Å². The lowest BCUT2D eigenvalue weighted by Crippen LogP contribution is -2.12. The zero-order valence-corrected chi connectivity index (χ0v) is 20.1. The van der Waals surface area contributed by atoms with Gasteiger partial charge in [0.15, 0.2) is 11.6 Å². The molecule has 1 aliphatic heterocycles. The number of hydrogen-bond donors (Lipinski definition) is 1. The van der Waals surface area contributed by atoms with Crippen LogP contribution < -0.4 is 9.47 Å². The van der Waals surface area contributed by atoms with Crippen LogP contribution in [0.15, 0.2) is 47.6 Å². The largest absolute Gasteiger partial charge is 0.506 e. The zero-order chi connectivity index (χ0) is 25.1. The Morgan fingerprint density at radius 2 is 1.97 bits per heavy atom. The average molecular weight is 479 g/mol. The van der Waals surface area contributed by atoms with Gasteiger partial charge in [-0.1, -0.05) is 17.3 Å². The second-order valence-electron chi connectivity index (χ2n) is 8.74. The van der Waals surface area contributed by atoms with Crippen molar-refractivity contribution < 1.29 is 28.6 Å². The third-order valence-electron chi connectivity index (χ3n) is 5.61. The topological polar surface area (TPSA) is 90.2 Å². The zero-order valence-electron chi connectivity index (χ0n) is 20.1. The van der Waals surface area contributed by atoms with Crippen LogP contribution >= 0.6 is 0 Å². The van der Waals surface area contributed by atoms with Crippen LogP contribution in [-0.4, -0.2) is 34.5 Å². The van der Waals surface area contributed by atoms with E-state index in [4.69, 9.17) is 9.47 Å². The average Bonchev–Trinajstić information content (AvgIpc) is 3.24. The number of hydrogen-bond acceptors (Lipinski definition) is 7. The van der Waals surface area contributed by atoms with Crippen LogP contribution in [0.3, 0.4) is 0 Å². The lowest BCUT2D eigenvalue weighted by atomic mass is 9.97. The van der Waals surface area contributed by atoms with Crippen molar-refractivity contribution in [3.05, 3.63) is 70.7 Å². The number of pyridine rings is 1. The molecule has 1 aliphatic rings. The summed E-state index contributed by atoms with van der Waals surface area (Å²) in [6.45, 7) is 7.44. The number of oxime groups is 1. The van der Waals surface area contributed by atoms with Crippen LogP contribution in [0.1, 0.15) is 42.7 Å². The Hall–Kier alpha value is -3.94. The standard InChI is InChI=1S/C27H27FN2O5/c1-15(2)34-21-7-5-6-18(11-21)27-23(31)9-8-19(29-27)12-22-16(3)10-24(26(28)17(22)4)33-14-20-13-25(32)35-30-20/h5-11,15,31H,12-14H2,1-4H3. The fourth-order valence-corrected chi connectivity index (χ4v) is 3.90. The van der Waals surface area contributed by atoms with Gasteiger partial charge in [-0.05, 0) is 74.7 Å². The number of ether oxygens (including phenoxy) is 2. The molecule has 3 aromatic rings. The van der Waals surface area contributed by atoms with Gasteiger partial charge in [-0.2, -0.15) is 0 Å². The van der Waals surface area contributed by atoms with Crippen LogP contribution in [0.5, 0.6) is 17.2 Å². The molecule has 1 aromatic heterocycles. The summed E-state index contributed by atoms with van der Waals surface area (Å²) in [5.41, 5.74) is 4.32. The summed E-state index contributed by atoms with van der Waals surface area (Å²) in [6.07, 6.45) is 0.436. The van der Waals surface area contributed by atoms with E-state index in [-0.39, 0.29) is 30.6 Å². The molecule has 2 heterocycles. The smallest absolute Gasteiger partial charge is 0.340 e. The van der Waals surface area contributed by atoms with Gasteiger partial charge in [-0.3, -0.25) is 0 Å². The van der Waals surface area contributed by atoms with Crippen molar-refractivity contribution in [2.45, 2.75) is 46.6 Å². The molecule has 1 N–H and O–H groups in total. The van der Waals surface area contributed by atoms with Gasteiger partial charge < -0.3 is 19.4 Å². The van der Waals surface area contributed by atoms with E-state index >= 15 is 4.39 Å². The summed E-state index contributed by atoms with van der Waals surface area (Å²) in [5, 5.41) is 14.1. The molecule has 0 radical (unpaired) electrons. The van der Waals surface area contributed by atoms with Crippen molar-refractivity contribution in [1.29, 1.82) is 0 Å². The molecule has 2 aromatic carbocycles. The Labute approximate surface area is 203 Å². The highest BCUT2D eigenvalue weighted by atomic mass is 19.1. The number of halogens is 1. The molecule has 0 spiro atoms. The van der Waals surface area contributed by atoms with Crippen LogP contribution in [0.25, 0.3) is 11.3 Å².